The summed E-state index contributed by atoms with van der Waals surface area (Å²) in [6.45, 7) is 5.62. The number of hydrogen-bond acceptors (Lipinski definition) is 5. The Labute approximate surface area is 153 Å². The minimum Gasteiger partial charge on any atom is -0.453 e. The van der Waals surface area contributed by atoms with Gasteiger partial charge in [0.15, 0.2) is 5.72 Å². The van der Waals surface area contributed by atoms with Gasteiger partial charge in [-0.2, -0.15) is 0 Å². The van der Waals surface area contributed by atoms with E-state index in [4.69, 9.17) is 9.47 Å². The molecule has 6 heteroatoms. The smallest absolute Gasteiger partial charge is 0.410 e. The number of nitrogens with zero attached hydrogens (tertiary/aromatic N) is 2. The van der Waals surface area contributed by atoms with Gasteiger partial charge in [-0.05, 0) is 25.0 Å². The van der Waals surface area contributed by atoms with E-state index < -0.39 is 11.3 Å². The normalized spacial score (nSPS) is 40.8. The fraction of sp³-hybridized carbons (Fsp3) is 0.550. The zero-order valence-corrected chi connectivity index (χ0v) is 15.5. The minimum atomic E-state index is -0.621. The number of carbonyl (C=O) groups excluding carboxylic acids is 1. The standard InChI is InChI=1S/C20H25N3O3/c1-4-13-11-22-16(5-2)20-19(10-17(22)26-20,23(12-13)18(24)25-3)14-8-6-7-9-15(14)21-20/h4,6-9,16-17,21H,5,10-12H2,1-3H3/b13-4+/t16-,17+,19?,20+/m0/s1. The Bertz CT molecular complexity index is 809. The lowest BCUT2D eigenvalue weighted by Crippen LogP contribution is -2.71. The van der Waals surface area contributed by atoms with Crippen LogP contribution in [0.25, 0.3) is 0 Å². The van der Waals surface area contributed by atoms with E-state index in [1.165, 1.54) is 12.7 Å². The number of benzene rings is 1. The molecule has 2 unspecified atom stereocenters. The van der Waals surface area contributed by atoms with Gasteiger partial charge in [0.25, 0.3) is 0 Å². The Hall–Kier alpha value is -2.05. The van der Waals surface area contributed by atoms with Gasteiger partial charge in [-0.3, -0.25) is 9.80 Å². The Morgan fingerprint density at radius 3 is 2.96 bits per heavy atom. The zero-order chi connectivity index (χ0) is 18.1. The van der Waals surface area contributed by atoms with Gasteiger partial charge >= 0.3 is 6.09 Å². The summed E-state index contributed by atoms with van der Waals surface area (Å²) >= 11 is 0. The summed E-state index contributed by atoms with van der Waals surface area (Å²) in [5.74, 6) is 0. The van der Waals surface area contributed by atoms with Crippen LogP contribution in [0.1, 0.15) is 32.3 Å². The number of ether oxygens (including phenoxy) is 2. The summed E-state index contributed by atoms with van der Waals surface area (Å²) in [4.78, 5) is 17.4. The average Bonchev–Trinajstić information content (AvgIpc) is 3.22. The highest BCUT2D eigenvalue weighted by Crippen LogP contribution is 2.65. The number of allylic oxidation sites excluding steroid dienone is 1. The van der Waals surface area contributed by atoms with E-state index in [2.05, 4.69) is 35.3 Å². The van der Waals surface area contributed by atoms with E-state index in [9.17, 15) is 4.79 Å². The maximum absolute atomic E-state index is 13.0. The first-order valence-electron chi connectivity index (χ1n) is 9.42. The topological polar surface area (TPSA) is 54.0 Å². The van der Waals surface area contributed by atoms with Crippen molar-refractivity contribution < 1.29 is 14.3 Å². The van der Waals surface area contributed by atoms with Crippen LogP contribution in [0.4, 0.5) is 10.5 Å². The third-order valence-corrected chi connectivity index (χ3v) is 6.74. The van der Waals surface area contributed by atoms with Crippen LogP contribution in [0, 0.1) is 0 Å². The van der Waals surface area contributed by atoms with Crippen molar-refractivity contribution in [2.24, 2.45) is 0 Å². The predicted molar refractivity (Wildman–Crippen MR) is 97.6 cm³/mol. The summed E-state index contributed by atoms with van der Waals surface area (Å²) < 4.78 is 11.9. The summed E-state index contributed by atoms with van der Waals surface area (Å²) in [6, 6.07) is 8.48. The van der Waals surface area contributed by atoms with Gasteiger partial charge in [-0.1, -0.05) is 31.2 Å². The molecule has 5 atom stereocenters. The van der Waals surface area contributed by atoms with E-state index in [-0.39, 0.29) is 18.4 Å². The second kappa shape index (κ2) is 5.24. The maximum atomic E-state index is 13.0. The molecule has 6 rings (SSSR count). The first-order valence-corrected chi connectivity index (χ1v) is 9.42. The molecule has 2 spiro atoms. The second-order valence-corrected chi connectivity index (χ2v) is 7.64. The van der Waals surface area contributed by atoms with Crippen molar-refractivity contribution in [3.05, 3.63) is 41.5 Å². The van der Waals surface area contributed by atoms with Crippen molar-refractivity contribution in [1.82, 2.24) is 9.80 Å². The van der Waals surface area contributed by atoms with E-state index in [0.717, 1.165) is 30.6 Å². The minimum absolute atomic E-state index is 0.00297. The number of para-hydroxylation sites is 1. The van der Waals surface area contributed by atoms with Crippen LogP contribution in [0.3, 0.4) is 0 Å². The van der Waals surface area contributed by atoms with Crippen LogP contribution in [0.2, 0.25) is 0 Å². The van der Waals surface area contributed by atoms with Crippen molar-refractivity contribution in [3.63, 3.8) is 0 Å². The molecule has 0 aliphatic carbocycles. The molecule has 26 heavy (non-hydrogen) atoms. The number of anilines is 1. The van der Waals surface area contributed by atoms with Crippen LogP contribution >= 0.6 is 0 Å². The Kier molecular flexibility index (Phi) is 3.25. The molecule has 5 heterocycles. The molecular weight excluding hydrogens is 330 g/mol. The molecule has 5 aliphatic heterocycles. The third kappa shape index (κ3) is 1.63. The van der Waals surface area contributed by atoms with E-state index in [1.54, 1.807) is 0 Å². The summed E-state index contributed by atoms with van der Waals surface area (Å²) in [6.07, 6.45) is 3.55. The van der Waals surface area contributed by atoms with Crippen LogP contribution < -0.4 is 5.32 Å². The first-order chi connectivity index (χ1) is 12.6. The molecule has 1 aromatic rings. The number of piperidine rings is 1. The van der Waals surface area contributed by atoms with Gasteiger partial charge in [0.05, 0.1) is 13.2 Å². The molecule has 1 N–H and O–H groups in total. The fourth-order valence-corrected chi connectivity index (χ4v) is 5.74. The largest absolute Gasteiger partial charge is 0.453 e. The average molecular weight is 355 g/mol. The number of rotatable bonds is 1. The van der Waals surface area contributed by atoms with Gasteiger partial charge < -0.3 is 14.8 Å². The molecule has 138 valence electrons. The third-order valence-electron chi connectivity index (χ3n) is 6.74. The number of methoxy groups -OCH3 is 1. The number of hydrogen-bond donors (Lipinski definition) is 1. The summed E-state index contributed by atoms with van der Waals surface area (Å²) in [5.41, 5.74) is 2.25. The Balaban J connectivity index is 1.79. The van der Waals surface area contributed by atoms with Crippen molar-refractivity contribution in [3.8, 4) is 0 Å². The lowest BCUT2D eigenvalue weighted by Gasteiger charge is -2.53. The Morgan fingerprint density at radius 2 is 2.23 bits per heavy atom. The van der Waals surface area contributed by atoms with E-state index in [0.29, 0.717) is 6.54 Å². The van der Waals surface area contributed by atoms with Gasteiger partial charge in [-0.15, -0.1) is 0 Å². The Morgan fingerprint density at radius 1 is 1.42 bits per heavy atom. The van der Waals surface area contributed by atoms with Gasteiger partial charge in [0.2, 0.25) is 0 Å². The fourth-order valence-electron chi connectivity index (χ4n) is 5.74. The van der Waals surface area contributed by atoms with Crippen molar-refractivity contribution in [1.29, 1.82) is 0 Å². The number of carbonyl (C=O) groups is 1. The summed E-state index contributed by atoms with van der Waals surface area (Å²) in [5, 5.41) is 3.70. The van der Waals surface area contributed by atoms with Crippen LogP contribution in [-0.4, -0.2) is 54.1 Å². The maximum Gasteiger partial charge on any atom is 0.410 e. The first kappa shape index (κ1) is 16.1. The van der Waals surface area contributed by atoms with Gasteiger partial charge in [0.1, 0.15) is 11.8 Å². The molecule has 4 saturated heterocycles. The van der Waals surface area contributed by atoms with Crippen molar-refractivity contribution in [2.75, 3.05) is 25.5 Å². The zero-order valence-electron chi connectivity index (χ0n) is 15.5. The lowest BCUT2D eigenvalue weighted by molar-refractivity contribution is -0.0588. The number of amides is 1. The molecule has 6 nitrogen and oxygen atoms in total. The molecule has 0 radical (unpaired) electrons. The summed E-state index contributed by atoms with van der Waals surface area (Å²) in [7, 11) is 1.46. The number of fused-ring (bicyclic) bond motifs is 4. The molecule has 1 aromatic carbocycles. The monoisotopic (exact) mass is 355 g/mol. The van der Waals surface area contributed by atoms with Gasteiger partial charge in [-0.25, -0.2) is 4.79 Å². The van der Waals surface area contributed by atoms with Crippen LogP contribution in [0.5, 0.6) is 0 Å². The van der Waals surface area contributed by atoms with E-state index in [1.807, 2.05) is 24.0 Å². The van der Waals surface area contributed by atoms with Crippen LogP contribution in [-0.2, 0) is 15.0 Å². The number of nitrogens with one attached hydrogen (secondary N) is 1. The highest BCUT2D eigenvalue weighted by molar-refractivity contribution is 5.75. The molecule has 0 saturated carbocycles. The van der Waals surface area contributed by atoms with Crippen LogP contribution in [0.15, 0.2) is 35.9 Å². The van der Waals surface area contributed by atoms with E-state index >= 15 is 0 Å². The second-order valence-electron chi connectivity index (χ2n) is 7.64. The molecular formula is C20H25N3O3. The van der Waals surface area contributed by atoms with Crippen molar-refractivity contribution >= 4 is 11.8 Å². The molecule has 5 aliphatic rings. The highest BCUT2D eigenvalue weighted by atomic mass is 16.6. The van der Waals surface area contributed by atoms with Gasteiger partial charge in [0, 0.05) is 30.8 Å². The SMILES string of the molecule is C/C=C1\CN2[C@@H](CC)[C@]34Nc5ccccc5C3(C[C@H]2O4)N(C(=O)OC)C1. The molecule has 1 amide bonds. The predicted octanol–water partition coefficient (Wildman–Crippen LogP) is 2.87. The molecule has 0 aromatic heterocycles. The lowest BCUT2D eigenvalue weighted by atomic mass is 9.72. The van der Waals surface area contributed by atoms with Crippen molar-refractivity contribution in [2.45, 2.75) is 50.2 Å². The molecule has 4 fully saturated rings. The quantitative estimate of drug-likeness (QED) is 0.785. The molecule has 4 bridgehead atoms. The highest BCUT2D eigenvalue weighted by Gasteiger charge is 2.77.